The molecular formula is C21H29ClFN5O. The van der Waals surface area contributed by atoms with Crippen LogP contribution in [0.5, 0.6) is 0 Å². The minimum Gasteiger partial charge on any atom is -0.351 e. The van der Waals surface area contributed by atoms with Crippen LogP contribution in [0.25, 0.3) is 5.69 Å². The monoisotopic (exact) mass is 421 g/mol. The van der Waals surface area contributed by atoms with Crippen molar-refractivity contribution in [1.29, 1.82) is 0 Å². The quantitative estimate of drug-likeness (QED) is 0.702. The smallest absolute Gasteiger partial charge is 0.272 e. The third-order valence-electron chi connectivity index (χ3n) is 5.62. The van der Waals surface area contributed by atoms with Gasteiger partial charge in [0.25, 0.3) is 5.91 Å². The molecule has 1 amide bonds. The average Bonchev–Trinajstić information content (AvgIpc) is 3.29. The molecule has 0 radical (unpaired) electrons. The number of benzene rings is 1. The van der Waals surface area contributed by atoms with Crippen LogP contribution in [0.1, 0.15) is 40.2 Å². The number of nitrogens with zero attached hydrogens (tertiary/aromatic N) is 3. The lowest BCUT2D eigenvalue weighted by Gasteiger charge is -2.27. The van der Waals surface area contributed by atoms with Crippen LogP contribution in [-0.2, 0) is 12.8 Å². The summed E-state index contributed by atoms with van der Waals surface area (Å²) in [5.41, 5.74) is 3.68. The van der Waals surface area contributed by atoms with E-state index in [1.165, 1.54) is 6.07 Å². The lowest BCUT2D eigenvalue weighted by molar-refractivity contribution is 0.0945. The number of nitrogens with one attached hydrogen (secondary N) is 2. The van der Waals surface area contributed by atoms with Crippen molar-refractivity contribution in [3.63, 3.8) is 0 Å². The summed E-state index contributed by atoms with van der Waals surface area (Å²) in [7, 11) is 0. The van der Waals surface area contributed by atoms with Crippen molar-refractivity contribution in [2.24, 2.45) is 0 Å². The summed E-state index contributed by atoms with van der Waals surface area (Å²) in [6.45, 7) is 7.67. The summed E-state index contributed by atoms with van der Waals surface area (Å²) in [5, 5.41) is 10.9. The van der Waals surface area contributed by atoms with Crippen LogP contribution in [0.4, 0.5) is 4.39 Å². The first kappa shape index (κ1) is 21.7. The topological polar surface area (TPSA) is 62.2 Å². The van der Waals surface area contributed by atoms with Crippen molar-refractivity contribution in [2.75, 3.05) is 39.3 Å². The lowest BCUT2D eigenvalue weighted by Crippen LogP contribution is -2.44. The summed E-state index contributed by atoms with van der Waals surface area (Å²) < 4.78 is 16.1. The van der Waals surface area contributed by atoms with E-state index in [1.807, 2.05) is 13.0 Å². The maximum Gasteiger partial charge on any atom is 0.272 e. The highest BCUT2D eigenvalue weighted by atomic mass is 35.5. The molecular weight excluding hydrogens is 393 g/mol. The Labute approximate surface area is 177 Å². The van der Waals surface area contributed by atoms with E-state index in [0.717, 1.165) is 75.2 Å². The molecule has 1 aliphatic heterocycles. The van der Waals surface area contributed by atoms with Crippen molar-refractivity contribution in [3.8, 4) is 5.69 Å². The standard InChI is InChI=1S/C21H28FN5O.ClH/c1-15-6-7-19(17(22)14-15)27-18-5-2-4-16(18)20(25-27)21(28)24-8-3-11-26-12-9-23-10-13-26;/h6-7,14,23H,2-5,8-13H2,1H3,(H,24,28);1H. The molecule has 0 bridgehead atoms. The first-order chi connectivity index (χ1) is 13.6. The Kier molecular flexibility index (Phi) is 7.27. The van der Waals surface area contributed by atoms with E-state index < -0.39 is 0 Å². The SMILES string of the molecule is Cc1ccc(-n2nc(C(=O)NCCCN3CCNCC3)c3c2CCC3)c(F)c1.Cl. The second kappa shape index (κ2) is 9.69. The van der Waals surface area contributed by atoms with Crippen molar-refractivity contribution < 1.29 is 9.18 Å². The molecule has 2 heterocycles. The summed E-state index contributed by atoms with van der Waals surface area (Å²) >= 11 is 0. The van der Waals surface area contributed by atoms with Gasteiger partial charge in [-0.15, -0.1) is 12.4 Å². The highest BCUT2D eigenvalue weighted by molar-refractivity contribution is 5.94. The van der Waals surface area contributed by atoms with Gasteiger partial charge in [0.05, 0.1) is 0 Å². The number of aryl methyl sites for hydroxylation is 1. The van der Waals surface area contributed by atoms with Gasteiger partial charge >= 0.3 is 0 Å². The Morgan fingerprint density at radius 3 is 2.83 bits per heavy atom. The minimum atomic E-state index is -0.305. The number of amides is 1. The van der Waals surface area contributed by atoms with Crippen LogP contribution in [-0.4, -0.2) is 59.9 Å². The van der Waals surface area contributed by atoms with Gasteiger partial charge in [-0.25, -0.2) is 9.07 Å². The number of carbonyl (C=O) groups is 1. The van der Waals surface area contributed by atoms with E-state index in [9.17, 15) is 9.18 Å². The number of piperazine rings is 1. The largest absolute Gasteiger partial charge is 0.351 e. The maximum absolute atomic E-state index is 14.5. The Hall–Kier alpha value is -1.96. The Morgan fingerprint density at radius 1 is 1.28 bits per heavy atom. The Bertz CT molecular complexity index is 863. The van der Waals surface area contributed by atoms with Gasteiger partial charge in [0.1, 0.15) is 11.5 Å². The van der Waals surface area contributed by atoms with Crippen LogP contribution in [0.2, 0.25) is 0 Å². The number of halogens is 2. The number of rotatable bonds is 6. The first-order valence-corrected chi connectivity index (χ1v) is 10.2. The predicted octanol–water partition coefficient (Wildman–Crippen LogP) is 2.26. The van der Waals surface area contributed by atoms with Crippen LogP contribution < -0.4 is 10.6 Å². The molecule has 1 aliphatic carbocycles. The van der Waals surface area contributed by atoms with Crippen molar-refractivity contribution in [1.82, 2.24) is 25.3 Å². The fourth-order valence-electron chi connectivity index (χ4n) is 4.13. The fourth-order valence-corrected chi connectivity index (χ4v) is 4.13. The van der Waals surface area contributed by atoms with E-state index in [4.69, 9.17) is 0 Å². The number of carbonyl (C=O) groups excluding carboxylic acids is 1. The van der Waals surface area contributed by atoms with E-state index in [2.05, 4.69) is 20.6 Å². The number of hydrogen-bond donors (Lipinski definition) is 2. The molecule has 1 aromatic carbocycles. The van der Waals surface area contributed by atoms with E-state index in [-0.39, 0.29) is 24.1 Å². The highest BCUT2D eigenvalue weighted by Gasteiger charge is 2.27. The third-order valence-corrected chi connectivity index (χ3v) is 5.62. The summed E-state index contributed by atoms with van der Waals surface area (Å²) in [6.07, 6.45) is 3.55. The zero-order valence-corrected chi connectivity index (χ0v) is 17.7. The fraction of sp³-hybridized carbons (Fsp3) is 0.524. The van der Waals surface area contributed by atoms with Crippen LogP contribution in [0.15, 0.2) is 18.2 Å². The number of fused-ring (bicyclic) bond motifs is 1. The lowest BCUT2D eigenvalue weighted by atomic mass is 10.2. The molecule has 1 fully saturated rings. The van der Waals surface area contributed by atoms with Gasteiger partial charge in [-0.1, -0.05) is 6.07 Å². The molecule has 6 nitrogen and oxygen atoms in total. The third kappa shape index (κ3) is 4.79. The second-order valence-corrected chi connectivity index (χ2v) is 7.70. The van der Waals surface area contributed by atoms with Crippen LogP contribution in [0.3, 0.4) is 0 Å². The zero-order valence-electron chi connectivity index (χ0n) is 16.8. The molecule has 0 unspecified atom stereocenters. The molecule has 0 spiro atoms. The van der Waals surface area contributed by atoms with Crippen LogP contribution >= 0.6 is 12.4 Å². The zero-order chi connectivity index (χ0) is 19.5. The summed E-state index contributed by atoms with van der Waals surface area (Å²) in [5.74, 6) is -0.454. The van der Waals surface area contributed by atoms with Gasteiger partial charge in [0, 0.05) is 44.0 Å². The molecule has 0 saturated carbocycles. The van der Waals surface area contributed by atoms with Crippen molar-refractivity contribution in [2.45, 2.75) is 32.6 Å². The molecule has 29 heavy (non-hydrogen) atoms. The maximum atomic E-state index is 14.5. The summed E-state index contributed by atoms with van der Waals surface area (Å²) in [6, 6.07) is 5.12. The van der Waals surface area contributed by atoms with Gasteiger partial charge < -0.3 is 15.5 Å². The van der Waals surface area contributed by atoms with Crippen LogP contribution in [0, 0.1) is 12.7 Å². The summed E-state index contributed by atoms with van der Waals surface area (Å²) in [4.78, 5) is 15.1. The van der Waals surface area contributed by atoms with E-state index in [0.29, 0.717) is 17.9 Å². The number of aromatic nitrogens is 2. The highest BCUT2D eigenvalue weighted by Crippen LogP contribution is 2.28. The molecule has 8 heteroatoms. The van der Waals surface area contributed by atoms with Gasteiger partial charge in [0.2, 0.25) is 0 Å². The molecule has 4 rings (SSSR count). The Morgan fingerprint density at radius 2 is 2.07 bits per heavy atom. The van der Waals surface area contributed by atoms with Gasteiger partial charge in [0.15, 0.2) is 5.69 Å². The molecule has 0 atom stereocenters. The molecule has 1 aromatic heterocycles. The minimum absolute atomic E-state index is 0. The number of hydrogen-bond acceptors (Lipinski definition) is 4. The first-order valence-electron chi connectivity index (χ1n) is 10.2. The molecule has 2 aliphatic rings. The molecule has 2 aromatic rings. The predicted molar refractivity (Wildman–Crippen MR) is 114 cm³/mol. The van der Waals surface area contributed by atoms with Crippen molar-refractivity contribution in [3.05, 3.63) is 46.5 Å². The normalized spacial score (nSPS) is 16.3. The van der Waals surface area contributed by atoms with Gasteiger partial charge in [-0.3, -0.25) is 4.79 Å². The van der Waals surface area contributed by atoms with Crippen molar-refractivity contribution >= 4 is 18.3 Å². The molecule has 158 valence electrons. The molecule has 2 N–H and O–H groups in total. The second-order valence-electron chi connectivity index (χ2n) is 7.70. The van der Waals surface area contributed by atoms with Gasteiger partial charge in [-0.05, 0) is 56.8 Å². The van der Waals surface area contributed by atoms with Gasteiger partial charge in [-0.2, -0.15) is 5.10 Å². The molecule has 1 saturated heterocycles. The Balaban J connectivity index is 0.00000240. The average molecular weight is 422 g/mol. The van der Waals surface area contributed by atoms with E-state index in [1.54, 1.807) is 10.7 Å². The van der Waals surface area contributed by atoms with E-state index >= 15 is 0 Å².